The van der Waals surface area contributed by atoms with E-state index < -0.39 is 5.97 Å². The minimum absolute atomic E-state index is 0.0669. The molecule has 2 rings (SSSR count). The van der Waals surface area contributed by atoms with Crippen LogP contribution in [0.3, 0.4) is 0 Å². The number of fused-ring (bicyclic) bond motifs is 1. The number of rotatable bonds is 4. The first-order valence-electron chi connectivity index (χ1n) is 6.06. The number of benzene rings is 1. The molecule has 0 aliphatic rings. The van der Waals surface area contributed by atoms with Gasteiger partial charge in [-0.3, -0.25) is 4.79 Å². The highest BCUT2D eigenvalue weighted by atomic mass is 16.4. The van der Waals surface area contributed by atoms with Crippen molar-refractivity contribution < 1.29 is 14.7 Å². The lowest BCUT2D eigenvalue weighted by Crippen LogP contribution is -2.28. The number of aromatic nitrogens is 1. The SMILES string of the molecule is CN(C)C(=O)CNc1cc(C(=O)O)c2ccccc2n1. The topological polar surface area (TPSA) is 82.5 Å². The molecule has 0 fully saturated rings. The van der Waals surface area contributed by atoms with Crippen molar-refractivity contribution in [3.8, 4) is 0 Å². The summed E-state index contributed by atoms with van der Waals surface area (Å²) in [6.45, 7) is 0.0669. The molecule has 0 aliphatic heterocycles. The number of nitrogens with zero attached hydrogens (tertiary/aromatic N) is 2. The van der Waals surface area contributed by atoms with Gasteiger partial charge in [0.15, 0.2) is 0 Å². The van der Waals surface area contributed by atoms with Crippen LogP contribution in [0.25, 0.3) is 10.9 Å². The first-order chi connectivity index (χ1) is 9.49. The van der Waals surface area contributed by atoms with Crippen LogP contribution in [-0.2, 0) is 4.79 Å². The number of carbonyl (C=O) groups excluding carboxylic acids is 1. The Morgan fingerprint density at radius 3 is 2.65 bits per heavy atom. The monoisotopic (exact) mass is 273 g/mol. The Balaban J connectivity index is 2.35. The van der Waals surface area contributed by atoms with Crippen LogP contribution in [0.2, 0.25) is 0 Å². The summed E-state index contributed by atoms with van der Waals surface area (Å²) in [6, 6.07) is 8.43. The van der Waals surface area contributed by atoms with Gasteiger partial charge in [-0.2, -0.15) is 0 Å². The van der Waals surface area contributed by atoms with Crippen molar-refractivity contribution in [3.63, 3.8) is 0 Å². The minimum atomic E-state index is -1.02. The smallest absolute Gasteiger partial charge is 0.336 e. The normalized spacial score (nSPS) is 10.3. The molecule has 1 aromatic carbocycles. The second-order valence-corrected chi connectivity index (χ2v) is 4.52. The fourth-order valence-corrected chi connectivity index (χ4v) is 1.77. The van der Waals surface area contributed by atoms with Gasteiger partial charge in [-0.25, -0.2) is 9.78 Å². The highest BCUT2D eigenvalue weighted by Gasteiger charge is 2.12. The third kappa shape index (κ3) is 2.85. The van der Waals surface area contributed by atoms with Gasteiger partial charge in [0.25, 0.3) is 0 Å². The quantitative estimate of drug-likeness (QED) is 0.880. The number of hydrogen-bond donors (Lipinski definition) is 2. The van der Waals surface area contributed by atoms with Crippen LogP contribution in [0.5, 0.6) is 0 Å². The zero-order chi connectivity index (χ0) is 14.7. The number of hydrogen-bond acceptors (Lipinski definition) is 4. The van der Waals surface area contributed by atoms with Gasteiger partial charge in [-0.15, -0.1) is 0 Å². The Morgan fingerprint density at radius 2 is 2.00 bits per heavy atom. The van der Waals surface area contributed by atoms with E-state index in [1.807, 2.05) is 0 Å². The van der Waals surface area contributed by atoms with Crippen LogP contribution in [-0.4, -0.2) is 47.5 Å². The summed E-state index contributed by atoms with van der Waals surface area (Å²) in [5.41, 5.74) is 0.739. The molecule has 6 heteroatoms. The van der Waals surface area contributed by atoms with Crippen molar-refractivity contribution in [2.45, 2.75) is 0 Å². The predicted molar refractivity (Wildman–Crippen MR) is 75.9 cm³/mol. The van der Waals surface area contributed by atoms with E-state index in [1.54, 1.807) is 38.4 Å². The zero-order valence-corrected chi connectivity index (χ0v) is 11.3. The lowest BCUT2D eigenvalue weighted by Gasteiger charge is -2.12. The molecular weight excluding hydrogens is 258 g/mol. The molecule has 0 saturated carbocycles. The highest BCUT2D eigenvalue weighted by Crippen LogP contribution is 2.20. The number of carbonyl (C=O) groups is 2. The van der Waals surface area contributed by atoms with Crippen molar-refractivity contribution in [1.29, 1.82) is 0 Å². The first kappa shape index (κ1) is 13.8. The summed E-state index contributed by atoms with van der Waals surface area (Å²) in [6.07, 6.45) is 0. The van der Waals surface area contributed by atoms with Crippen molar-refractivity contribution in [3.05, 3.63) is 35.9 Å². The number of anilines is 1. The molecule has 0 unspecified atom stereocenters. The summed E-state index contributed by atoms with van der Waals surface area (Å²) in [7, 11) is 3.31. The number of para-hydroxylation sites is 1. The number of likely N-dealkylation sites (N-methyl/N-ethyl adjacent to an activating group) is 1. The van der Waals surface area contributed by atoms with E-state index in [4.69, 9.17) is 0 Å². The third-order valence-electron chi connectivity index (χ3n) is 2.87. The predicted octanol–water partition coefficient (Wildman–Crippen LogP) is 1.43. The molecule has 0 radical (unpaired) electrons. The molecule has 2 aromatic rings. The summed E-state index contributed by atoms with van der Waals surface area (Å²) in [4.78, 5) is 28.6. The van der Waals surface area contributed by atoms with Crippen LogP contribution in [0.4, 0.5) is 5.82 Å². The lowest BCUT2D eigenvalue weighted by atomic mass is 10.1. The van der Waals surface area contributed by atoms with Crippen molar-refractivity contribution in [1.82, 2.24) is 9.88 Å². The van der Waals surface area contributed by atoms with Gasteiger partial charge < -0.3 is 15.3 Å². The first-order valence-corrected chi connectivity index (χ1v) is 6.06. The van der Waals surface area contributed by atoms with E-state index in [0.29, 0.717) is 16.7 Å². The molecule has 1 aromatic heterocycles. The van der Waals surface area contributed by atoms with E-state index in [2.05, 4.69) is 10.3 Å². The molecule has 1 amide bonds. The zero-order valence-electron chi connectivity index (χ0n) is 11.3. The molecule has 6 nitrogen and oxygen atoms in total. The standard InChI is InChI=1S/C14H15N3O3/c1-17(2)13(18)8-15-12-7-10(14(19)20)9-5-3-4-6-11(9)16-12/h3-7H,8H2,1-2H3,(H,15,16)(H,19,20). The van der Waals surface area contributed by atoms with Gasteiger partial charge in [-0.05, 0) is 12.1 Å². The van der Waals surface area contributed by atoms with E-state index >= 15 is 0 Å². The molecule has 0 aliphatic carbocycles. The fraction of sp³-hybridized carbons (Fsp3) is 0.214. The van der Waals surface area contributed by atoms with Crippen molar-refractivity contribution in [2.75, 3.05) is 26.0 Å². The van der Waals surface area contributed by atoms with E-state index in [-0.39, 0.29) is 18.0 Å². The van der Waals surface area contributed by atoms with Gasteiger partial charge in [0.1, 0.15) is 5.82 Å². The third-order valence-corrected chi connectivity index (χ3v) is 2.87. The second-order valence-electron chi connectivity index (χ2n) is 4.52. The minimum Gasteiger partial charge on any atom is -0.478 e. The average molecular weight is 273 g/mol. The summed E-state index contributed by atoms with van der Waals surface area (Å²) in [5, 5.41) is 12.7. The van der Waals surface area contributed by atoms with Gasteiger partial charge in [-0.1, -0.05) is 18.2 Å². The lowest BCUT2D eigenvalue weighted by molar-refractivity contribution is -0.126. The number of pyridine rings is 1. The number of carboxylic acids is 1. The summed E-state index contributed by atoms with van der Waals surface area (Å²) < 4.78 is 0. The van der Waals surface area contributed by atoms with Gasteiger partial charge in [0.05, 0.1) is 17.6 Å². The highest BCUT2D eigenvalue weighted by molar-refractivity contribution is 6.03. The van der Waals surface area contributed by atoms with Crippen LogP contribution >= 0.6 is 0 Å². The van der Waals surface area contributed by atoms with Gasteiger partial charge >= 0.3 is 5.97 Å². The Labute approximate surface area is 116 Å². The Kier molecular flexibility index (Phi) is 3.84. The summed E-state index contributed by atoms with van der Waals surface area (Å²) in [5.74, 6) is -0.765. The molecule has 2 N–H and O–H groups in total. The number of aromatic carboxylic acids is 1. The van der Waals surface area contributed by atoms with E-state index in [1.165, 1.54) is 11.0 Å². The fourth-order valence-electron chi connectivity index (χ4n) is 1.77. The van der Waals surface area contributed by atoms with Crippen molar-refractivity contribution in [2.24, 2.45) is 0 Å². The maximum atomic E-state index is 11.5. The van der Waals surface area contributed by atoms with Crippen LogP contribution in [0, 0.1) is 0 Å². The number of amides is 1. The van der Waals surface area contributed by atoms with Crippen LogP contribution in [0.15, 0.2) is 30.3 Å². The molecule has 20 heavy (non-hydrogen) atoms. The maximum Gasteiger partial charge on any atom is 0.336 e. The van der Waals surface area contributed by atoms with Crippen molar-refractivity contribution >= 4 is 28.6 Å². The average Bonchev–Trinajstić information content (AvgIpc) is 2.43. The molecular formula is C14H15N3O3. The number of carboxylic acid groups (broad SMARTS) is 1. The van der Waals surface area contributed by atoms with Gasteiger partial charge in [0, 0.05) is 19.5 Å². The molecule has 1 heterocycles. The summed E-state index contributed by atoms with van der Waals surface area (Å²) >= 11 is 0. The molecule has 0 spiro atoms. The number of nitrogens with one attached hydrogen (secondary N) is 1. The largest absolute Gasteiger partial charge is 0.478 e. The molecule has 104 valence electrons. The van der Waals surface area contributed by atoms with Crippen LogP contribution in [0.1, 0.15) is 10.4 Å². The second kappa shape index (κ2) is 5.56. The van der Waals surface area contributed by atoms with E-state index in [0.717, 1.165) is 0 Å². The van der Waals surface area contributed by atoms with E-state index in [9.17, 15) is 14.7 Å². The molecule has 0 atom stereocenters. The molecule has 0 bridgehead atoms. The molecule has 0 saturated heterocycles. The Morgan fingerprint density at radius 1 is 1.30 bits per heavy atom. The van der Waals surface area contributed by atoms with Crippen LogP contribution < -0.4 is 5.32 Å². The Bertz CT molecular complexity index is 668. The van der Waals surface area contributed by atoms with Gasteiger partial charge in [0.2, 0.25) is 5.91 Å². The maximum absolute atomic E-state index is 11.5. The Hall–Kier alpha value is -2.63.